The van der Waals surface area contributed by atoms with Gasteiger partial charge in [-0.3, -0.25) is 24.0 Å². The smallest absolute Gasteiger partial charge is 0.253 e. The Kier molecular flexibility index (Phi) is 14.8. The monoisotopic (exact) mass is 960 g/mol. The number of benzene rings is 3. The van der Waals surface area contributed by atoms with E-state index >= 15 is 0 Å². The number of anilines is 2. The van der Waals surface area contributed by atoms with Gasteiger partial charge >= 0.3 is 0 Å². The minimum atomic E-state index is -3.74. The van der Waals surface area contributed by atoms with Crippen LogP contribution in [0.1, 0.15) is 97.6 Å². The van der Waals surface area contributed by atoms with Crippen molar-refractivity contribution in [3.63, 3.8) is 0 Å². The van der Waals surface area contributed by atoms with Gasteiger partial charge in [0.1, 0.15) is 0 Å². The molecule has 1 aliphatic rings. The van der Waals surface area contributed by atoms with Gasteiger partial charge in [0.05, 0.1) is 16.2 Å². The zero-order chi connectivity index (χ0) is 48.9. The highest BCUT2D eigenvalue weighted by Crippen LogP contribution is 2.35. The summed E-state index contributed by atoms with van der Waals surface area (Å²) < 4.78 is 28.4. The molecule has 7 rings (SSSR count). The average Bonchev–Trinajstić information content (AvgIpc) is 3.90. The van der Waals surface area contributed by atoms with Gasteiger partial charge in [-0.2, -0.15) is 4.98 Å². The number of carbonyl (C=O) groups is 3. The Hall–Kier alpha value is -6.89. The van der Waals surface area contributed by atoms with Gasteiger partial charge in [-0.1, -0.05) is 56.4 Å². The summed E-state index contributed by atoms with van der Waals surface area (Å²) >= 11 is 1.24. The maximum absolute atomic E-state index is 13.2. The lowest BCUT2D eigenvalue weighted by atomic mass is 9.87. The van der Waals surface area contributed by atoms with Gasteiger partial charge in [-0.15, -0.1) is 0 Å². The van der Waals surface area contributed by atoms with Crippen molar-refractivity contribution in [1.82, 2.24) is 30.3 Å². The van der Waals surface area contributed by atoms with Crippen molar-refractivity contribution in [3.05, 3.63) is 166 Å². The molecule has 0 saturated carbocycles. The van der Waals surface area contributed by atoms with Gasteiger partial charge in [0.15, 0.2) is 5.13 Å². The van der Waals surface area contributed by atoms with Gasteiger partial charge < -0.3 is 35.9 Å². The second-order valence-electron chi connectivity index (χ2n) is 18.2. The molecule has 3 amide bonds. The summed E-state index contributed by atoms with van der Waals surface area (Å²) in [6.45, 7) is 13.1. The summed E-state index contributed by atoms with van der Waals surface area (Å²) in [4.78, 5) is 77.1. The third-order valence-corrected chi connectivity index (χ3v) is 14.5. The number of aromatic nitrogens is 3. The Morgan fingerprint density at radius 3 is 1.99 bits per heavy atom. The van der Waals surface area contributed by atoms with Crippen molar-refractivity contribution in [3.8, 4) is 5.88 Å². The zero-order valence-corrected chi connectivity index (χ0v) is 40.5. The van der Waals surface area contributed by atoms with Gasteiger partial charge in [-0.25, -0.2) is 13.1 Å². The summed E-state index contributed by atoms with van der Waals surface area (Å²) in [6.07, 6.45) is 1.32. The molecule has 1 aliphatic heterocycles. The Labute approximate surface area is 398 Å². The Balaban J connectivity index is 0.854. The second-order valence-corrected chi connectivity index (χ2v) is 21.1. The predicted molar refractivity (Wildman–Crippen MR) is 263 cm³/mol. The molecule has 16 nitrogen and oxygen atoms in total. The van der Waals surface area contributed by atoms with E-state index in [0.717, 1.165) is 34.5 Å². The number of pyridine rings is 2. The van der Waals surface area contributed by atoms with Crippen molar-refractivity contribution < 1.29 is 27.9 Å². The summed E-state index contributed by atoms with van der Waals surface area (Å²) in [6, 6.07) is 23.5. The van der Waals surface area contributed by atoms with Gasteiger partial charge in [-0.05, 0) is 128 Å². The van der Waals surface area contributed by atoms with E-state index in [1.54, 1.807) is 67.6 Å². The number of aromatic hydroxyl groups is 1. The minimum Gasteiger partial charge on any atom is -0.492 e. The van der Waals surface area contributed by atoms with E-state index in [1.165, 1.54) is 11.3 Å². The van der Waals surface area contributed by atoms with Crippen molar-refractivity contribution in [2.75, 3.05) is 23.3 Å². The maximum atomic E-state index is 13.2. The number of H-pyrrole nitrogens is 2. The molecule has 1 unspecified atom stereocenters. The summed E-state index contributed by atoms with van der Waals surface area (Å²) in [5.74, 6) is -1.13. The van der Waals surface area contributed by atoms with Crippen molar-refractivity contribution >= 4 is 49.9 Å². The molecule has 18 heteroatoms. The predicted octanol–water partition coefficient (Wildman–Crippen LogP) is 6.04. The molecular weight excluding hydrogens is 905 g/mol. The summed E-state index contributed by atoms with van der Waals surface area (Å²) in [7, 11) is -3.74. The lowest BCUT2D eigenvalue weighted by molar-refractivity contribution is -0.115. The van der Waals surface area contributed by atoms with Gasteiger partial charge in [0.25, 0.3) is 22.9 Å². The van der Waals surface area contributed by atoms with Crippen LogP contribution in [-0.4, -0.2) is 59.3 Å². The third kappa shape index (κ3) is 12.2. The highest BCUT2D eigenvalue weighted by Gasteiger charge is 2.27. The van der Waals surface area contributed by atoms with Crippen LogP contribution in [0.2, 0.25) is 0 Å². The molecule has 3 aromatic carbocycles. The van der Waals surface area contributed by atoms with E-state index in [9.17, 15) is 37.5 Å². The number of hydrogen-bond acceptors (Lipinski definition) is 11. The van der Waals surface area contributed by atoms with Crippen LogP contribution in [0, 0.1) is 26.7 Å². The van der Waals surface area contributed by atoms with Crippen molar-refractivity contribution in [2.24, 2.45) is 5.92 Å². The van der Waals surface area contributed by atoms with E-state index in [4.69, 9.17) is 0 Å². The lowest BCUT2D eigenvalue weighted by Gasteiger charge is -2.19. The number of amides is 3. The molecule has 7 N–H and O–H groups in total. The molecule has 68 heavy (non-hydrogen) atoms. The largest absolute Gasteiger partial charge is 0.492 e. The third-order valence-electron chi connectivity index (χ3n) is 12.0. The molecule has 6 aromatic rings. The maximum Gasteiger partial charge on any atom is 0.253 e. The Bertz CT molecular complexity index is 3060. The molecule has 0 aliphatic carbocycles. The normalized spacial score (nSPS) is 13.9. The first-order valence-electron chi connectivity index (χ1n) is 22.2. The quantitative estimate of drug-likeness (QED) is 0.0594. The van der Waals surface area contributed by atoms with E-state index in [2.05, 4.69) is 61.3 Å². The van der Waals surface area contributed by atoms with Crippen LogP contribution in [0.4, 0.5) is 10.8 Å². The fourth-order valence-corrected chi connectivity index (χ4v) is 10.1. The fraction of sp³-hybridized carbons (Fsp3) is 0.320. The SMILES string of the molecule is Cc1cc(C)c(CNC(=O)c2ccc(NC(=O)Cc3sc(N4CCC(Cc5cc(C)c(CNC(=O)c6ccc(CNS(=O)(=O)c7ccc(C(C)(C)C)cc7)cc6)c(=O)[nH]5)C4)nc3O)cc2)c(=O)[nH]1. The molecule has 1 saturated heterocycles. The number of sulfonamides is 1. The first-order valence-corrected chi connectivity index (χ1v) is 24.5. The Morgan fingerprint density at radius 1 is 0.809 bits per heavy atom. The first kappa shape index (κ1) is 49.0. The number of aromatic amines is 2. The van der Waals surface area contributed by atoms with E-state index < -0.39 is 10.0 Å². The number of rotatable bonds is 16. The number of nitrogens with one attached hydrogen (secondary N) is 6. The van der Waals surface area contributed by atoms with Crippen molar-refractivity contribution in [1.29, 1.82) is 0 Å². The topological polar surface area (TPSA) is 236 Å². The van der Waals surface area contributed by atoms with E-state index in [-0.39, 0.29) is 77.0 Å². The molecule has 3 aromatic heterocycles. The van der Waals surface area contributed by atoms with Crippen molar-refractivity contribution in [2.45, 2.75) is 90.7 Å². The highest BCUT2D eigenvalue weighted by atomic mass is 32.2. The van der Waals surface area contributed by atoms with Crippen LogP contribution < -0.4 is 36.7 Å². The molecule has 0 radical (unpaired) electrons. The first-order chi connectivity index (χ1) is 32.2. The van der Waals surface area contributed by atoms with Crippen LogP contribution in [0.25, 0.3) is 0 Å². The molecule has 0 bridgehead atoms. The van der Waals surface area contributed by atoms with Gasteiger partial charge in [0, 0.05) is 72.1 Å². The van der Waals surface area contributed by atoms with Crippen LogP contribution >= 0.6 is 11.3 Å². The van der Waals surface area contributed by atoms with E-state index in [0.29, 0.717) is 63.0 Å². The Morgan fingerprint density at radius 2 is 1.40 bits per heavy atom. The number of thiazole rings is 1. The number of carbonyl (C=O) groups excluding carboxylic acids is 3. The molecule has 1 fully saturated rings. The zero-order valence-electron chi connectivity index (χ0n) is 38.8. The second kappa shape index (κ2) is 20.5. The molecule has 4 heterocycles. The van der Waals surface area contributed by atoms with Gasteiger partial charge in [0.2, 0.25) is 21.8 Å². The number of nitrogens with zero attached hydrogens (tertiary/aromatic N) is 2. The molecule has 356 valence electrons. The van der Waals surface area contributed by atoms with Crippen LogP contribution in [0.5, 0.6) is 5.88 Å². The summed E-state index contributed by atoms with van der Waals surface area (Å²) in [5, 5.41) is 19.6. The van der Waals surface area contributed by atoms with Crippen LogP contribution in [0.15, 0.2) is 99.4 Å². The van der Waals surface area contributed by atoms with E-state index in [1.807, 2.05) is 38.1 Å². The van der Waals surface area contributed by atoms with Crippen LogP contribution in [0.3, 0.4) is 0 Å². The minimum absolute atomic E-state index is 0.0198. The van der Waals surface area contributed by atoms with Crippen LogP contribution in [-0.2, 0) is 52.7 Å². The highest BCUT2D eigenvalue weighted by molar-refractivity contribution is 7.89. The molecule has 0 spiro atoms. The standard InChI is InChI=1S/C50H56N8O8S2/c1-29-21-31(3)54-46(62)40(29)26-51-45(61)35-11-15-37(16-12-35)55-43(59)24-42-48(64)57-49(67-42)58-20-19-33(28-58)23-38-22-30(2)41(47(63)56-38)27-52-44(60)34-9-7-32(8-10-34)25-53-68(65,66)39-17-13-36(14-18-39)50(4,5)6/h7-18,21-22,33,53,64H,19-20,23-28H2,1-6H3,(H,51,61)(H,52,60)(H,54,62)(H,55,59)(H,56,63). The summed E-state index contributed by atoms with van der Waals surface area (Å²) in [5.41, 5.74) is 6.24. The fourth-order valence-electron chi connectivity index (χ4n) is 8.05. The molecular formula is C50H56N8O8S2. The lowest BCUT2D eigenvalue weighted by Crippen LogP contribution is -2.28. The number of aryl methyl sites for hydroxylation is 3. The average molecular weight is 961 g/mol. The molecule has 1 atom stereocenters. The number of hydrogen-bond donors (Lipinski definition) is 7.